The highest BCUT2D eigenvalue weighted by molar-refractivity contribution is 5.57. The Balaban J connectivity index is 1.59. The van der Waals surface area contributed by atoms with E-state index in [0.29, 0.717) is 0 Å². The Morgan fingerprint density at radius 1 is 1.12 bits per heavy atom. The number of anilines is 1. The van der Waals surface area contributed by atoms with Gasteiger partial charge < -0.3 is 14.4 Å². The average Bonchev–Trinajstić information content (AvgIpc) is 2.81. The zero-order valence-corrected chi connectivity index (χ0v) is 16.1. The van der Waals surface area contributed by atoms with E-state index in [1.54, 1.807) is 0 Å². The van der Waals surface area contributed by atoms with Gasteiger partial charge in [0.1, 0.15) is 5.82 Å². The molecule has 0 aromatic carbocycles. The summed E-state index contributed by atoms with van der Waals surface area (Å²) >= 11 is 0. The van der Waals surface area contributed by atoms with Gasteiger partial charge in [0, 0.05) is 56.7 Å². The van der Waals surface area contributed by atoms with E-state index in [9.17, 15) is 0 Å². The molecule has 0 N–H and O–H groups in total. The van der Waals surface area contributed by atoms with E-state index in [0.717, 1.165) is 87.4 Å². The van der Waals surface area contributed by atoms with Crippen LogP contribution >= 0.6 is 0 Å². The van der Waals surface area contributed by atoms with Crippen LogP contribution in [-0.2, 0) is 9.47 Å². The van der Waals surface area contributed by atoms with Crippen molar-refractivity contribution in [1.82, 2.24) is 19.5 Å². The molecule has 0 unspecified atom stereocenters. The Morgan fingerprint density at radius 2 is 1.92 bits per heavy atom. The van der Waals surface area contributed by atoms with Gasteiger partial charge in [-0.15, -0.1) is 0 Å². The van der Waals surface area contributed by atoms with Crippen molar-refractivity contribution in [3.8, 4) is 0 Å². The molecule has 4 heterocycles. The first kappa shape index (κ1) is 17.7. The lowest BCUT2D eigenvalue weighted by molar-refractivity contribution is -0.00509. The minimum atomic E-state index is 0.205. The molecule has 0 amide bonds. The van der Waals surface area contributed by atoms with Gasteiger partial charge in [-0.1, -0.05) is 0 Å². The Morgan fingerprint density at radius 3 is 2.73 bits per heavy atom. The molecule has 2 aliphatic heterocycles. The predicted octanol–water partition coefficient (Wildman–Crippen LogP) is 1.58. The number of morpholine rings is 1. The SMILES string of the molecule is Cc1cc(N2CCCO[C@H](CN3CCOCC3)C2)n2nc(C)c(C)c2n1. The molecule has 0 aliphatic carbocycles. The topological polar surface area (TPSA) is 55.1 Å². The summed E-state index contributed by atoms with van der Waals surface area (Å²) in [7, 11) is 0. The van der Waals surface area contributed by atoms with Gasteiger partial charge in [-0.3, -0.25) is 4.90 Å². The molecule has 2 saturated heterocycles. The van der Waals surface area contributed by atoms with Crippen molar-refractivity contribution < 1.29 is 9.47 Å². The third-order valence-corrected chi connectivity index (χ3v) is 5.41. The fraction of sp³-hybridized carbons (Fsp3) is 0.684. The number of hydrogen-bond acceptors (Lipinski definition) is 6. The molecule has 0 spiro atoms. The molecule has 7 heteroatoms. The highest BCUT2D eigenvalue weighted by Gasteiger charge is 2.25. The smallest absolute Gasteiger partial charge is 0.160 e. The summed E-state index contributed by atoms with van der Waals surface area (Å²) in [5, 5.41) is 4.75. The largest absolute Gasteiger partial charge is 0.379 e. The van der Waals surface area contributed by atoms with Crippen molar-refractivity contribution in [1.29, 1.82) is 0 Å². The van der Waals surface area contributed by atoms with Crippen molar-refractivity contribution in [2.24, 2.45) is 0 Å². The number of hydrogen-bond donors (Lipinski definition) is 0. The van der Waals surface area contributed by atoms with Crippen LogP contribution < -0.4 is 4.90 Å². The number of fused-ring (bicyclic) bond motifs is 1. The lowest BCUT2D eigenvalue weighted by Gasteiger charge is -2.32. The lowest BCUT2D eigenvalue weighted by atomic mass is 10.2. The molecule has 26 heavy (non-hydrogen) atoms. The van der Waals surface area contributed by atoms with Crippen LogP contribution in [0.5, 0.6) is 0 Å². The fourth-order valence-electron chi connectivity index (χ4n) is 3.84. The van der Waals surface area contributed by atoms with E-state index in [1.807, 2.05) is 4.52 Å². The summed E-state index contributed by atoms with van der Waals surface area (Å²) in [6.07, 6.45) is 1.23. The molecule has 142 valence electrons. The molecule has 2 aromatic heterocycles. The van der Waals surface area contributed by atoms with Crippen molar-refractivity contribution in [3.63, 3.8) is 0 Å². The summed E-state index contributed by atoms with van der Waals surface area (Å²) in [5.41, 5.74) is 4.20. The predicted molar refractivity (Wildman–Crippen MR) is 101 cm³/mol. The minimum absolute atomic E-state index is 0.205. The van der Waals surface area contributed by atoms with E-state index in [4.69, 9.17) is 19.6 Å². The molecule has 0 bridgehead atoms. The van der Waals surface area contributed by atoms with Gasteiger partial charge in [-0.2, -0.15) is 9.61 Å². The van der Waals surface area contributed by atoms with Gasteiger partial charge in [-0.25, -0.2) is 4.98 Å². The van der Waals surface area contributed by atoms with Gasteiger partial charge in [0.15, 0.2) is 5.65 Å². The second-order valence-corrected chi connectivity index (χ2v) is 7.41. The van der Waals surface area contributed by atoms with Gasteiger partial charge in [-0.05, 0) is 27.2 Å². The molecule has 0 saturated carbocycles. The number of rotatable bonds is 3. The molecule has 2 fully saturated rings. The van der Waals surface area contributed by atoms with Crippen LogP contribution in [-0.4, -0.2) is 78.1 Å². The fourth-order valence-corrected chi connectivity index (χ4v) is 3.84. The van der Waals surface area contributed by atoms with Crippen molar-refractivity contribution in [2.75, 3.05) is 57.4 Å². The van der Waals surface area contributed by atoms with Crippen LogP contribution in [0.1, 0.15) is 23.4 Å². The Kier molecular flexibility index (Phi) is 5.11. The van der Waals surface area contributed by atoms with Crippen LogP contribution in [0.4, 0.5) is 5.82 Å². The monoisotopic (exact) mass is 359 g/mol. The normalized spacial score (nSPS) is 22.7. The molecule has 4 rings (SSSR count). The van der Waals surface area contributed by atoms with Gasteiger partial charge >= 0.3 is 0 Å². The first-order valence-corrected chi connectivity index (χ1v) is 9.62. The summed E-state index contributed by atoms with van der Waals surface area (Å²) in [6.45, 7) is 13.5. The van der Waals surface area contributed by atoms with Crippen LogP contribution in [0, 0.1) is 20.8 Å². The van der Waals surface area contributed by atoms with Crippen LogP contribution in [0.25, 0.3) is 5.65 Å². The van der Waals surface area contributed by atoms with Crippen molar-refractivity contribution in [3.05, 3.63) is 23.0 Å². The lowest BCUT2D eigenvalue weighted by Crippen LogP contribution is -2.45. The van der Waals surface area contributed by atoms with Crippen molar-refractivity contribution >= 4 is 11.5 Å². The van der Waals surface area contributed by atoms with E-state index < -0.39 is 0 Å². The van der Waals surface area contributed by atoms with Crippen molar-refractivity contribution in [2.45, 2.75) is 33.3 Å². The molecule has 7 nitrogen and oxygen atoms in total. The summed E-state index contributed by atoms with van der Waals surface area (Å²) in [6, 6.07) is 2.15. The number of aromatic nitrogens is 3. The molecule has 0 radical (unpaired) electrons. The molecule has 1 atom stereocenters. The molecular formula is C19H29N5O2. The van der Waals surface area contributed by atoms with Crippen LogP contribution in [0.2, 0.25) is 0 Å². The van der Waals surface area contributed by atoms with E-state index in [1.165, 1.54) is 0 Å². The summed E-state index contributed by atoms with van der Waals surface area (Å²) in [4.78, 5) is 9.58. The molecular weight excluding hydrogens is 330 g/mol. The maximum atomic E-state index is 6.16. The Bertz CT molecular complexity index is 769. The van der Waals surface area contributed by atoms with Gasteiger partial charge in [0.2, 0.25) is 0 Å². The second-order valence-electron chi connectivity index (χ2n) is 7.41. The van der Waals surface area contributed by atoms with E-state index in [2.05, 4.69) is 36.6 Å². The van der Waals surface area contributed by atoms with Crippen LogP contribution in [0.3, 0.4) is 0 Å². The maximum absolute atomic E-state index is 6.16. The first-order chi connectivity index (χ1) is 12.6. The second kappa shape index (κ2) is 7.50. The van der Waals surface area contributed by atoms with Gasteiger partial charge in [0.25, 0.3) is 0 Å². The number of nitrogens with zero attached hydrogens (tertiary/aromatic N) is 5. The number of ether oxygens (including phenoxy) is 2. The Labute approximate surface area is 154 Å². The van der Waals surface area contributed by atoms with E-state index in [-0.39, 0.29) is 6.10 Å². The standard InChI is InChI=1S/C19H29N5O2/c1-14-11-18(24-19(20-14)15(2)16(3)21-24)23-5-4-8-26-17(13-23)12-22-6-9-25-10-7-22/h11,17H,4-10,12-13H2,1-3H3/t17-/m1/s1. The maximum Gasteiger partial charge on any atom is 0.160 e. The highest BCUT2D eigenvalue weighted by Crippen LogP contribution is 2.23. The molecule has 2 aliphatic rings. The third kappa shape index (κ3) is 3.56. The van der Waals surface area contributed by atoms with Gasteiger partial charge in [0.05, 0.1) is 25.0 Å². The van der Waals surface area contributed by atoms with Crippen LogP contribution in [0.15, 0.2) is 6.07 Å². The zero-order valence-electron chi connectivity index (χ0n) is 16.1. The zero-order chi connectivity index (χ0) is 18.1. The molecule has 2 aromatic rings. The first-order valence-electron chi connectivity index (χ1n) is 9.62. The third-order valence-electron chi connectivity index (χ3n) is 5.41. The highest BCUT2D eigenvalue weighted by atomic mass is 16.5. The Hall–Kier alpha value is -1.70. The quantitative estimate of drug-likeness (QED) is 0.829. The summed E-state index contributed by atoms with van der Waals surface area (Å²) < 4.78 is 13.6. The van der Waals surface area contributed by atoms with E-state index >= 15 is 0 Å². The summed E-state index contributed by atoms with van der Waals surface area (Å²) in [5.74, 6) is 1.13. The number of aryl methyl sites for hydroxylation is 3. The average molecular weight is 359 g/mol. The minimum Gasteiger partial charge on any atom is -0.379 e.